The molecule has 1 aliphatic carbocycles. The maximum absolute atomic E-state index is 11.6. The Bertz CT molecular complexity index is 456. The quantitative estimate of drug-likeness (QED) is 0.799. The summed E-state index contributed by atoms with van der Waals surface area (Å²) >= 11 is 0. The highest BCUT2D eigenvalue weighted by Crippen LogP contribution is 2.40. The van der Waals surface area contributed by atoms with E-state index in [1.807, 2.05) is 0 Å². The zero-order valence-corrected chi connectivity index (χ0v) is 10.8. The topological polar surface area (TPSA) is 77.2 Å². The second-order valence-corrected chi connectivity index (χ2v) is 5.17. The third kappa shape index (κ3) is 2.55. The molecule has 0 radical (unpaired) electrons. The number of nitrogens with one attached hydrogen (secondary N) is 1. The van der Waals surface area contributed by atoms with Crippen LogP contribution < -0.4 is 11.1 Å². The van der Waals surface area contributed by atoms with Gasteiger partial charge in [0.25, 0.3) is 0 Å². The minimum Gasteiger partial charge on any atom is -0.465 e. The van der Waals surface area contributed by atoms with Gasteiger partial charge in [-0.2, -0.15) is 0 Å². The van der Waals surface area contributed by atoms with Gasteiger partial charge in [-0.3, -0.25) is 0 Å². The predicted molar refractivity (Wildman–Crippen MR) is 70.4 cm³/mol. The fourth-order valence-electron chi connectivity index (χ4n) is 2.14. The molecule has 0 aliphatic heterocycles. The van der Waals surface area contributed by atoms with E-state index in [9.17, 15) is 4.79 Å². The van der Waals surface area contributed by atoms with Gasteiger partial charge in [0, 0.05) is 6.54 Å². The Morgan fingerprint density at radius 3 is 2.89 bits per heavy atom. The Balaban J connectivity index is 2.13. The average molecular weight is 249 g/mol. The van der Waals surface area contributed by atoms with Crippen LogP contribution in [0.2, 0.25) is 0 Å². The normalized spacial score (nSPS) is 16.8. The van der Waals surface area contributed by atoms with E-state index in [0.29, 0.717) is 22.5 Å². The zero-order chi connectivity index (χ0) is 13.2. The highest BCUT2D eigenvalue weighted by molar-refractivity contribution is 5.95. The number of nitrogens with zero attached hydrogens (tertiary/aromatic N) is 1. The summed E-state index contributed by atoms with van der Waals surface area (Å²) in [7, 11) is 1.35. The lowest BCUT2D eigenvalue weighted by Crippen LogP contribution is -2.33. The van der Waals surface area contributed by atoms with Crippen molar-refractivity contribution in [2.24, 2.45) is 5.41 Å². The first kappa shape index (κ1) is 12.7. The maximum Gasteiger partial charge on any atom is 0.341 e. The van der Waals surface area contributed by atoms with E-state index < -0.39 is 5.97 Å². The summed E-state index contributed by atoms with van der Waals surface area (Å²) in [4.78, 5) is 15.8. The molecule has 0 aromatic carbocycles. The number of rotatable bonds is 4. The van der Waals surface area contributed by atoms with Crippen LogP contribution in [0.5, 0.6) is 0 Å². The van der Waals surface area contributed by atoms with Gasteiger partial charge in [-0.15, -0.1) is 0 Å². The number of nitrogen functional groups attached to an aromatic ring is 1. The van der Waals surface area contributed by atoms with Crippen molar-refractivity contribution in [1.82, 2.24) is 4.98 Å². The smallest absolute Gasteiger partial charge is 0.341 e. The highest BCUT2D eigenvalue weighted by atomic mass is 16.5. The Labute approximate surface area is 107 Å². The van der Waals surface area contributed by atoms with E-state index in [1.54, 1.807) is 6.07 Å². The number of carbonyl (C=O) groups is 1. The van der Waals surface area contributed by atoms with Crippen LogP contribution in [-0.4, -0.2) is 24.6 Å². The van der Waals surface area contributed by atoms with Gasteiger partial charge < -0.3 is 15.8 Å². The van der Waals surface area contributed by atoms with Crippen LogP contribution in [0.15, 0.2) is 12.3 Å². The molecular formula is C13H19N3O2. The van der Waals surface area contributed by atoms with Gasteiger partial charge in [-0.1, -0.05) is 13.3 Å². The van der Waals surface area contributed by atoms with Crippen LogP contribution in [0.4, 0.5) is 11.5 Å². The van der Waals surface area contributed by atoms with Crippen molar-refractivity contribution >= 4 is 17.5 Å². The molecule has 0 spiro atoms. The van der Waals surface area contributed by atoms with Gasteiger partial charge in [0.05, 0.1) is 19.0 Å². The minimum absolute atomic E-state index is 0.316. The molecule has 5 heteroatoms. The van der Waals surface area contributed by atoms with Crippen molar-refractivity contribution in [2.75, 3.05) is 24.7 Å². The molecule has 1 heterocycles. The van der Waals surface area contributed by atoms with Crippen LogP contribution in [0, 0.1) is 5.41 Å². The Morgan fingerprint density at radius 2 is 2.33 bits per heavy atom. The van der Waals surface area contributed by atoms with Gasteiger partial charge >= 0.3 is 5.97 Å². The van der Waals surface area contributed by atoms with Gasteiger partial charge in [-0.25, -0.2) is 9.78 Å². The zero-order valence-electron chi connectivity index (χ0n) is 10.8. The molecular weight excluding hydrogens is 230 g/mol. The lowest BCUT2D eigenvalue weighted by atomic mass is 9.70. The number of hydrogen-bond donors (Lipinski definition) is 2. The number of esters is 1. The number of ether oxygens (including phenoxy) is 1. The number of carbonyl (C=O) groups excluding carboxylic acids is 1. The first-order valence-electron chi connectivity index (χ1n) is 6.12. The van der Waals surface area contributed by atoms with Gasteiger partial charge in [0.1, 0.15) is 11.4 Å². The van der Waals surface area contributed by atoms with E-state index in [1.165, 1.54) is 32.6 Å². The van der Waals surface area contributed by atoms with Crippen LogP contribution in [0.1, 0.15) is 36.5 Å². The van der Waals surface area contributed by atoms with Crippen LogP contribution in [0.3, 0.4) is 0 Å². The standard InChI is InChI=1S/C13H19N3O2/c1-13(4-3-5-13)8-16-11-10(12(17)18-2)6-9(14)7-15-11/h6-7H,3-5,8,14H2,1-2H3,(H,15,16). The highest BCUT2D eigenvalue weighted by Gasteiger charge is 2.31. The van der Waals surface area contributed by atoms with Crippen LogP contribution >= 0.6 is 0 Å². The molecule has 0 unspecified atom stereocenters. The fourth-order valence-corrected chi connectivity index (χ4v) is 2.14. The number of anilines is 2. The second-order valence-electron chi connectivity index (χ2n) is 5.17. The van der Waals surface area contributed by atoms with E-state index in [2.05, 4.69) is 17.2 Å². The van der Waals surface area contributed by atoms with E-state index in [4.69, 9.17) is 10.5 Å². The molecule has 18 heavy (non-hydrogen) atoms. The van der Waals surface area contributed by atoms with E-state index >= 15 is 0 Å². The molecule has 2 rings (SSSR count). The van der Waals surface area contributed by atoms with Gasteiger partial charge in [0.2, 0.25) is 0 Å². The van der Waals surface area contributed by atoms with Crippen molar-refractivity contribution < 1.29 is 9.53 Å². The molecule has 0 saturated heterocycles. The van der Waals surface area contributed by atoms with Crippen molar-refractivity contribution in [3.8, 4) is 0 Å². The summed E-state index contributed by atoms with van der Waals surface area (Å²) in [5.74, 6) is 0.125. The van der Waals surface area contributed by atoms with Crippen molar-refractivity contribution in [3.05, 3.63) is 17.8 Å². The molecule has 0 amide bonds. The molecule has 3 N–H and O–H groups in total. The van der Waals surface area contributed by atoms with Crippen LogP contribution in [0.25, 0.3) is 0 Å². The minimum atomic E-state index is -0.420. The molecule has 1 aromatic heterocycles. The molecule has 1 saturated carbocycles. The van der Waals surface area contributed by atoms with E-state index in [-0.39, 0.29) is 0 Å². The van der Waals surface area contributed by atoms with Gasteiger partial charge in [0.15, 0.2) is 0 Å². The molecule has 5 nitrogen and oxygen atoms in total. The molecule has 0 bridgehead atoms. The average Bonchev–Trinajstić information content (AvgIpc) is 2.34. The molecule has 1 aromatic rings. The molecule has 98 valence electrons. The third-order valence-corrected chi connectivity index (χ3v) is 3.56. The summed E-state index contributed by atoms with van der Waals surface area (Å²) in [6.07, 6.45) is 5.24. The first-order chi connectivity index (χ1) is 8.54. The lowest BCUT2D eigenvalue weighted by molar-refractivity contribution is 0.0601. The summed E-state index contributed by atoms with van der Waals surface area (Å²) in [5, 5.41) is 3.23. The third-order valence-electron chi connectivity index (χ3n) is 3.56. The summed E-state index contributed by atoms with van der Waals surface area (Å²) in [5.41, 5.74) is 6.80. The van der Waals surface area contributed by atoms with Gasteiger partial charge in [-0.05, 0) is 24.3 Å². The van der Waals surface area contributed by atoms with Crippen molar-refractivity contribution in [1.29, 1.82) is 0 Å². The molecule has 1 aliphatic rings. The number of pyridine rings is 1. The summed E-state index contributed by atoms with van der Waals surface area (Å²) in [6.45, 7) is 3.05. The molecule has 1 fully saturated rings. The van der Waals surface area contributed by atoms with E-state index in [0.717, 1.165) is 6.54 Å². The summed E-state index contributed by atoms with van der Waals surface area (Å²) in [6, 6.07) is 1.59. The summed E-state index contributed by atoms with van der Waals surface area (Å²) < 4.78 is 4.73. The second kappa shape index (κ2) is 4.84. The SMILES string of the molecule is COC(=O)c1cc(N)cnc1NCC1(C)CCC1. The Kier molecular flexibility index (Phi) is 3.41. The largest absolute Gasteiger partial charge is 0.465 e. The maximum atomic E-state index is 11.6. The number of hydrogen-bond acceptors (Lipinski definition) is 5. The van der Waals surface area contributed by atoms with Crippen molar-refractivity contribution in [2.45, 2.75) is 26.2 Å². The fraction of sp³-hybridized carbons (Fsp3) is 0.538. The first-order valence-corrected chi connectivity index (χ1v) is 6.12. The predicted octanol–water partition coefficient (Wildman–Crippen LogP) is 2.05. The Morgan fingerprint density at radius 1 is 1.61 bits per heavy atom. The number of nitrogens with two attached hydrogens (primary N) is 1. The van der Waals surface area contributed by atoms with Crippen LogP contribution in [-0.2, 0) is 4.74 Å². The Hall–Kier alpha value is -1.78. The number of aromatic nitrogens is 1. The monoisotopic (exact) mass is 249 g/mol. The van der Waals surface area contributed by atoms with Crippen molar-refractivity contribution in [3.63, 3.8) is 0 Å². The number of methoxy groups -OCH3 is 1. The molecule has 0 atom stereocenters. The lowest BCUT2D eigenvalue weighted by Gasteiger charge is -2.38.